The van der Waals surface area contributed by atoms with Gasteiger partial charge in [-0.15, -0.1) is 0 Å². The first-order chi connectivity index (χ1) is 19.8. The van der Waals surface area contributed by atoms with Crippen LogP contribution in [-0.2, 0) is 0 Å². The Labute approximate surface area is 231 Å². The van der Waals surface area contributed by atoms with Gasteiger partial charge in [0.15, 0.2) is 0 Å². The van der Waals surface area contributed by atoms with E-state index in [-0.39, 0.29) is 0 Å². The Kier molecular flexibility index (Phi) is 5.14. The van der Waals surface area contributed by atoms with Crippen molar-refractivity contribution in [3.05, 3.63) is 140 Å². The van der Waals surface area contributed by atoms with Gasteiger partial charge in [0.2, 0.25) is 0 Å². The van der Waals surface area contributed by atoms with E-state index >= 15 is 0 Å². The lowest BCUT2D eigenvalue weighted by Gasteiger charge is -2.14. The Hall–Kier alpha value is -5.41. The Morgan fingerprint density at radius 3 is 1.85 bits per heavy atom. The summed E-state index contributed by atoms with van der Waals surface area (Å²) in [5.41, 5.74) is 9.03. The van der Waals surface area contributed by atoms with Crippen molar-refractivity contribution in [1.82, 2.24) is 15.0 Å². The van der Waals surface area contributed by atoms with Gasteiger partial charge in [0.1, 0.15) is 0 Å². The maximum atomic E-state index is 4.72. The zero-order valence-electron chi connectivity index (χ0n) is 21.6. The lowest BCUT2D eigenvalue weighted by molar-refractivity contribution is 1.36. The molecule has 0 aliphatic carbocycles. The van der Waals surface area contributed by atoms with E-state index in [4.69, 9.17) is 4.98 Å². The van der Waals surface area contributed by atoms with Crippen molar-refractivity contribution >= 4 is 43.4 Å². The average Bonchev–Trinajstić information content (AvgIpc) is 3.04. The zero-order valence-corrected chi connectivity index (χ0v) is 21.6. The second-order valence-corrected chi connectivity index (χ2v) is 10.1. The van der Waals surface area contributed by atoms with Crippen LogP contribution < -0.4 is 0 Å². The molecule has 8 aromatic rings. The van der Waals surface area contributed by atoms with E-state index in [0.29, 0.717) is 0 Å². The molecule has 3 heterocycles. The molecule has 40 heavy (non-hydrogen) atoms. The van der Waals surface area contributed by atoms with E-state index in [0.717, 1.165) is 27.2 Å². The molecule has 0 atom stereocenters. The number of hydrogen-bond donors (Lipinski definition) is 0. The van der Waals surface area contributed by atoms with Crippen molar-refractivity contribution in [3.8, 4) is 33.4 Å². The van der Waals surface area contributed by atoms with Crippen LogP contribution in [0.4, 0.5) is 0 Å². The first kappa shape index (κ1) is 22.6. The van der Waals surface area contributed by atoms with Crippen LogP contribution in [0.5, 0.6) is 0 Å². The topological polar surface area (TPSA) is 38.7 Å². The molecule has 0 bridgehead atoms. The Morgan fingerprint density at radius 2 is 1.05 bits per heavy atom. The maximum Gasteiger partial charge on any atom is 0.0970 e. The highest BCUT2D eigenvalue weighted by atomic mass is 14.7. The van der Waals surface area contributed by atoms with Gasteiger partial charge in [-0.25, -0.2) is 0 Å². The molecule has 3 aromatic heterocycles. The number of fused-ring (bicyclic) bond motifs is 7. The van der Waals surface area contributed by atoms with E-state index in [2.05, 4.69) is 107 Å². The highest BCUT2D eigenvalue weighted by molar-refractivity contribution is 6.23. The third-order valence-electron chi connectivity index (χ3n) is 7.83. The first-order valence-corrected chi connectivity index (χ1v) is 13.4. The molecule has 0 N–H and O–H groups in total. The zero-order chi connectivity index (χ0) is 26.5. The van der Waals surface area contributed by atoms with Crippen molar-refractivity contribution in [2.45, 2.75) is 0 Å². The van der Waals surface area contributed by atoms with Crippen molar-refractivity contribution in [2.75, 3.05) is 0 Å². The van der Waals surface area contributed by atoms with Gasteiger partial charge in [0.05, 0.1) is 11.0 Å². The second-order valence-electron chi connectivity index (χ2n) is 10.1. The third kappa shape index (κ3) is 3.63. The summed E-state index contributed by atoms with van der Waals surface area (Å²) in [5.74, 6) is 0. The fourth-order valence-corrected chi connectivity index (χ4v) is 5.91. The molecule has 0 saturated carbocycles. The van der Waals surface area contributed by atoms with Crippen LogP contribution in [0.25, 0.3) is 76.7 Å². The maximum absolute atomic E-state index is 4.72. The van der Waals surface area contributed by atoms with Crippen molar-refractivity contribution in [1.29, 1.82) is 0 Å². The summed E-state index contributed by atoms with van der Waals surface area (Å²) in [4.78, 5) is 13.7. The number of benzene rings is 5. The molecule has 0 aliphatic rings. The molecule has 186 valence electrons. The summed E-state index contributed by atoms with van der Waals surface area (Å²) in [6.45, 7) is 0. The summed E-state index contributed by atoms with van der Waals surface area (Å²) in [5, 5.41) is 6.97. The summed E-state index contributed by atoms with van der Waals surface area (Å²) in [6, 6.07) is 41.2. The summed E-state index contributed by atoms with van der Waals surface area (Å²) in [6.07, 6.45) is 7.46. The minimum atomic E-state index is 0.939. The molecule has 0 radical (unpaired) electrons. The largest absolute Gasteiger partial charge is 0.264 e. The second kappa shape index (κ2) is 9.11. The predicted octanol–water partition coefficient (Wildman–Crippen LogP) is 9.49. The van der Waals surface area contributed by atoms with E-state index in [9.17, 15) is 0 Å². The monoisotopic (exact) mass is 509 g/mol. The van der Waals surface area contributed by atoms with E-state index in [1.165, 1.54) is 49.5 Å². The van der Waals surface area contributed by atoms with Crippen LogP contribution in [-0.4, -0.2) is 15.0 Å². The summed E-state index contributed by atoms with van der Waals surface area (Å²) >= 11 is 0. The van der Waals surface area contributed by atoms with Crippen LogP contribution in [0.15, 0.2) is 140 Å². The molecular weight excluding hydrogens is 486 g/mol. The molecule has 3 heteroatoms. The number of hydrogen-bond acceptors (Lipinski definition) is 3. The molecule has 8 rings (SSSR count). The standard InChI is InChI=1S/C37H23N3/c1-2-9-31(28-14-15-32-33-10-4-17-39-36(33)37-34(35(32)22-28)11-5-18-40-37)30(8-1)27-7-3-6-25(20-27)26-13-12-24-16-19-38-23-29(24)21-26/h1-23H. The summed E-state index contributed by atoms with van der Waals surface area (Å²) in [7, 11) is 0. The normalized spacial score (nSPS) is 11.5. The van der Waals surface area contributed by atoms with E-state index in [1.807, 2.05) is 43.0 Å². The van der Waals surface area contributed by atoms with Crippen molar-refractivity contribution in [3.63, 3.8) is 0 Å². The van der Waals surface area contributed by atoms with Gasteiger partial charge in [-0.05, 0) is 85.9 Å². The third-order valence-corrected chi connectivity index (χ3v) is 7.83. The van der Waals surface area contributed by atoms with Gasteiger partial charge in [-0.2, -0.15) is 0 Å². The summed E-state index contributed by atoms with van der Waals surface area (Å²) < 4.78 is 0. The van der Waals surface area contributed by atoms with Gasteiger partial charge in [0, 0.05) is 40.9 Å². The molecule has 0 saturated heterocycles. The van der Waals surface area contributed by atoms with Crippen LogP contribution in [0.3, 0.4) is 0 Å². The lowest BCUT2D eigenvalue weighted by Crippen LogP contribution is -1.90. The number of aromatic nitrogens is 3. The molecule has 3 nitrogen and oxygen atoms in total. The van der Waals surface area contributed by atoms with Crippen LogP contribution in [0.1, 0.15) is 0 Å². The molecule has 0 amide bonds. The van der Waals surface area contributed by atoms with E-state index in [1.54, 1.807) is 0 Å². The quantitative estimate of drug-likeness (QED) is 0.223. The van der Waals surface area contributed by atoms with Crippen molar-refractivity contribution in [2.24, 2.45) is 0 Å². The van der Waals surface area contributed by atoms with Gasteiger partial charge in [-0.3, -0.25) is 15.0 Å². The molecule has 0 fully saturated rings. The Bertz CT molecular complexity index is 2200. The average molecular weight is 510 g/mol. The minimum Gasteiger partial charge on any atom is -0.264 e. The molecule has 0 aliphatic heterocycles. The van der Waals surface area contributed by atoms with Crippen molar-refractivity contribution < 1.29 is 0 Å². The van der Waals surface area contributed by atoms with Gasteiger partial charge >= 0.3 is 0 Å². The van der Waals surface area contributed by atoms with Crippen LogP contribution in [0, 0.1) is 0 Å². The number of rotatable bonds is 3. The van der Waals surface area contributed by atoms with E-state index < -0.39 is 0 Å². The fourth-order valence-electron chi connectivity index (χ4n) is 5.91. The van der Waals surface area contributed by atoms with Gasteiger partial charge in [0.25, 0.3) is 0 Å². The highest BCUT2D eigenvalue weighted by Crippen LogP contribution is 2.39. The molecule has 0 spiro atoms. The number of nitrogens with zero attached hydrogens (tertiary/aromatic N) is 3. The smallest absolute Gasteiger partial charge is 0.0970 e. The minimum absolute atomic E-state index is 0.939. The predicted molar refractivity (Wildman–Crippen MR) is 166 cm³/mol. The highest BCUT2D eigenvalue weighted by Gasteiger charge is 2.13. The van der Waals surface area contributed by atoms with Gasteiger partial charge in [-0.1, -0.05) is 78.9 Å². The Morgan fingerprint density at radius 1 is 0.375 bits per heavy atom. The first-order valence-electron chi connectivity index (χ1n) is 13.4. The van der Waals surface area contributed by atoms with Gasteiger partial charge < -0.3 is 0 Å². The molecule has 5 aromatic carbocycles. The van der Waals surface area contributed by atoms with Crippen LogP contribution >= 0.6 is 0 Å². The Balaban J connectivity index is 1.30. The van der Waals surface area contributed by atoms with Crippen LogP contribution in [0.2, 0.25) is 0 Å². The lowest BCUT2D eigenvalue weighted by atomic mass is 9.90. The number of pyridine rings is 3. The molecule has 0 unspecified atom stereocenters. The fraction of sp³-hybridized carbons (Fsp3) is 0. The molecular formula is C37H23N3. The SMILES string of the molecule is c1cc(-c2ccc3ccncc3c2)cc(-c2ccccc2-c2ccc3c(c2)c2cccnc2c2ncccc32)c1.